The van der Waals surface area contributed by atoms with Gasteiger partial charge in [-0.3, -0.25) is 0 Å². The maximum Gasteiger partial charge on any atom is 0.672 e. The van der Waals surface area contributed by atoms with Crippen LogP contribution in [0.4, 0.5) is 0 Å². The van der Waals surface area contributed by atoms with Crippen LogP contribution in [0.2, 0.25) is 0 Å². The molecule has 1 atom stereocenters. The van der Waals surface area contributed by atoms with E-state index in [9.17, 15) is 0 Å². The predicted octanol–water partition coefficient (Wildman–Crippen LogP) is -0.610. The van der Waals surface area contributed by atoms with Gasteiger partial charge >= 0.3 is 9.05 Å². The predicted molar refractivity (Wildman–Crippen MR) is 33.4 cm³/mol. The topological polar surface area (TPSA) is 69.9 Å². The largest absolute Gasteiger partial charge is 0.672 e. The standard InChI is InChI=1S/C3H9ClO4Si/c1-2-3(4)8-9(5,6)7/h3,5-7H,2H2,1H3. The second kappa shape index (κ2) is 3.50. The van der Waals surface area contributed by atoms with Crippen molar-refractivity contribution in [2.45, 2.75) is 18.9 Å². The fraction of sp³-hybridized carbons (Fsp3) is 1.00. The molecule has 0 bridgehead atoms. The summed E-state index contributed by atoms with van der Waals surface area (Å²) in [6.45, 7) is 1.69. The quantitative estimate of drug-likeness (QED) is 0.393. The van der Waals surface area contributed by atoms with Gasteiger partial charge in [-0.1, -0.05) is 18.5 Å². The Labute approximate surface area is 59.1 Å². The summed E-state index contributed by atoms with van der Waals surface area (Å²) in [5, 5.41) is 0. The van der Waals surface area contributed by atoms with Crippen LogP contribution >= 0.6 is 11.6 Å². The zero-order valence-corrected chi connectivity index (χ0v) is 6.67. The summed E-state index contributed by atoms with van der Waals surface area (Å²) in [6.07, 6.45) is 0.415. The molecule has 6 heteroatoms. The van der Waals surface area contributed by atoms with Crippen LogP contribution in [0.3, 0.4) is 0 Å². The third kappa shape index (κ3) is 6.23. The second-order valence-electron chi connectivity index (χ2n) is 1.51. The van der Waals surface area contributed by atoms with Gasteiger partial charge in [-0.25, -0.2) is 0 Å². The number of halogens is 1. The molecule has 4 nitrogen and oxygen atoms in total. The van der Waals surface area contributed by atoms with Crippen LogP contribution in [0.25, 0.3) is 0 Å². The van der Waals surface area contributed by atoms with Gasteiger partial charge in [0.15, 0.2) is 0 Å². The normalized spacial score (nSPS) is 15.7. The van der Waals surface area contributed by atoms with E-state index >= 15 is 0 Å². The van der Waals surface area contributed by atoms with Gasteiger partial charge in [0, 0.05) is 0 Å². The van der Waals surface area contributed by atoms with E-state index in [1.54, 1.807) is 6.92 Å². The lowest BCUT2D eigenvalue weighted by molar-refractivity contribution is 0.0498. The fourth-order valence-electron chi connectivity index (χ4n) is 0.255. The number of alkyl halides is 1. The molecule has 0 aliphatic rings. The molecule has 0 aliphatic heterocycles. The van der Waals surface area contributed by atoms with E-state index in [-0.39, 0.29) is 0 Å². The van der Waals surface area contributed by atoms with E-state index in [4.69, 9.17) is 26.0 Å². The molecule has 0 radical (unpaired) electrons. The van der Waals surface area contributed by atoms with Crippen molar-refractivity contribution in [2.24, 2.45) is 0 Å². The first kappa shape index (κ1) is 9.35. The van der Waals surface area contributed by atoms with Crippen molar-refractivity contribution in [2.75, 3.05) is 0 Å². The Balaban J connectivity index is 3.47. The molecule has 1 unspecified atom stereocenters. The summed E-state index contributed by atoms with van der Waals surface area (Å²) in [5.74, 6) is 0. The molecule has 9 heavy (non-hydrogen) atoms. The van der Waals surface area contributed by atoms with Crippen LogP contribution in [0.5, 0.6) is 0 Å². The van der Waals surface area contributed by atoms with Gasteiger partial charge in [0.05, 0.1) is 0 Å². The highest BCUT2D eigenvalue weighted by molar-refractivity contribution is 6.49. The van der Waals surface area contributed by atoms with Crippen molar-refractivity contribution in [3.63, 3.8) is 0 Å². The summed E-state index contributed by atoms with van der Waals surface area (Å²) in [6, 6.07) is 0. The van der Waals surface area contributed by atoms with E-state index in [2.05, 4.69) is 4.43 Å². The van der Waals surface area contributed by atoms with E-state index in [0.29, 0.717) is 6.42 Å². The summed E-state index contributed by atoms with van der Waals surface area (Å²) in [7, 11) is -4.37. The second-order valence-corrected chi connectivity index (χ2v) is 3.38. The number of hydrogen-bond donors (Lipinski definition) is 3. The molecule has 56 valence electrons. The lowest BCUT2D eigenvalue weighted by atomic mass is 10.5. The van der Waals surface area contributed by atoms with Crippen molar-refractivity contribution < 1.29 is 18.8 Å². The van der Waals surface area contributed by atoms with Gasteiger partial charge in [0.1, 0.15) is 5.56 Å². The van der Waals surface area contributed by atoms with Crippen LogP contribution in [0.15, 0.2) is 0 Å². The Morgan fingerprint density at radius 3 is 2.11 bits per heavy atom. The molecule has 0 saturated carbocycles. The van der Waals surface area contributed by atoms with Crippen molar-refractivity contribution in [1.29, 1.82) is 0 Å². The molecule has 0 aliphatic carbocycles. The summed E-state index contributed by atoms with van der Waals surface area (Å²) >= 11 is 5.28. The van der Waals surface area contributed by atoms with Gasteiger partial charge < -0.3 is 18.8 Å². The van der Waals surface area contributed by atoms with Crippen molar-refractivity contribution in [3.05, 3.63) is 0 Å². The van der Waals surface area contributed by atoms with Gasteiger partial charge in [0.2, 0.25) is 0 Å². The molecule has 0 aromatic rings. The fourth-order valence-corrected chi connectivity index (χ4v) is 1.12. The first-order valence-corrected chi connectivity index (χ1v) is 4.63. The average Bonchev–Trinajstić information content (AvgIpc) is 1.62. The summed E-state index contributed by atoms with van der Waals surface area (Å²) in [4.78, 5) is 24.8. The minimum Gasteiger partial charge on any atom is -0.368 e. The average molecular weight is 173 g/mol. The van der Waals surface area contributed by atoms with Crippen LogP contribution in [-0.2, 0) is 4.43 Å². The lowest BCUT2D eigenvalue weighted by Crippen LogP contribution is -2.41. The Morgan fingerprint density at radius 1 is 1.56 bits per heavy atom. The van der Waals surface area contributed by atoms with Gasteiger partial charge in [-0.2, -0.15) is 0 Å². The van der Waals surface area contributed by atoms with Gasteiger partial charge in [-0.05, 0) is 6.42 Å². The minimum absolute atomic E-state index is 0.415. The van der Waals surface area contributed by atoms with E-state index in [0.717, 1.165) is 0 Å². The molecule has 0 amide bonds. The van der Waals surface area contributed by atoms with Gasteiger partial charge in [-0.15, -0.1) is 0 Å². The van der Waals surface area contributed by atoms with Crippen molar-refractivity contribution in [1.82, 2.24) is 0 Å². The van der Waals surface area contributed by atoms with E-state index < -0.39 is 14.6 Å². The SMILES string of the molecule is CCC(Cl)O[Si](O)(O)O. The Hall–Kier alpha value is 0.347. The zero-order valence-electron chi connectivity index (χ0n) is 4.91. The molecule has 0 heterocycles. The first-order chi connectivity index (χ1) is 3.95. The smallest absolute Gasteiger partial charge is 0.368 e. The molecule has 0 aromatic carbocycles. The summed E-state index contributed by atoms with van der Waals surface area (Å²) in [5.41, 5.74) is -0.823. The maximum absolute atomic E-state index is 8.26. The van der Waals surface area contributed by atoms with E-state index in [1.807, 2.05) is 0 Å². The van der Waals surface area contributed by atoms with Crippen molar-refractivity contribution in [3.8, 4) is 0 Å². The first-order valence-electron chi connectivity index (χ1n) is 2.44. The highest BCUT2D eigenvalue weighted by atomic mass is 35.5. The number of rotatable bonds is 3. The lowest BCUT2D eigenvalue weighted by Gasteiger charge is -2.12. The minimum atomic E-state index is -4.37. The highest BCUT2D eigenvalue weighted by Gasteiger charge is 2.33. The molecule has 0 saturated heterocycles. The third-order valence-electron chi connectivity index (χ3n) is 0.607. The zero-order chi connectivity index (χ0) is 7.49. The van der Waals surface area contributed by atoms with Crippen LogP contribution < -0.4 is 0 Å². The molecule has 0 rings (SSSR count). The van der Waals surface area contributed by atoms with Gasteiger partial charge in [0.25, 0.3) is 0 Å². The number of hydrogen-bond acceptors (Lipinski definition) is 4. The molecular formula is C3H9ClO4Si. The third-order valence-corrected chi connectivity index (χ3v) is 1.75. The molecule has 0 fully saturated rings. The highest BCUT2D eigenvalue weighted by Crippen LogP contribution is 2.06. The molecule has 0 spiro atoms. The molecule has 0 aromatic heterocycles. The van der Waals surface area contributed by atoms with Crippen molar-refractivity contribution >= 4 is 20.6 Å². The van der Waals surface area contributed by atoms with E-state index in [1.165, 1.54) is 0 Å². The van der Waals surface area contributed by atoms with Crippen LogP contribution in [0, 0.1) is 0 Å². The summed E-state index contributed by atoms with van der Waals surface area (Å²) < 4.78 is 4.16. The Kier molecular flexibility index (Phi) is 3.63. The Bertz CT molecular complexity index is 82.4. The maximum atomic E-state index is 8.26. The Morgan fingerprint density at radius 2 is 2.00 bits per heavy atom. The molecule has 3 N–H and O–H groups in total. The van der Waals surface area contributed by atoms with Crippen LogP contribution in [0.1, 0.15) is 13.3 Å². The molecular weight excluding hydrogens is 164 g/mol. The van der Waals surface area contributed by atoms with Crippen LogP contribution in [-0.4, -0.2) is 29.0 Å². The monoisotopic (exact) mass is 172 g/mol.